The molecule has 0 aliphatic rings. The molecule has 1 aromatic carbocycles. The minimum atomic E-state index is 0.323. The standard InChI is InChI=1S/C10H4Cl2N2/c11-7-3-6-1-2-14-9(5-13)10(6)8(12)4-7/h1-4H. The zero-order valence-corrected chi connectivity index (χ0v) is 8.47. The fraction of sp³-hybridized carbons (Fsp3) is 0. The number of nitrogens with zero attached hydrogens (tertiary/aromatic N) is 2. The predicted molar refractivity (Wildman–Crippen MR) is 56.5 cm³/mol. The minimum Gasteiger partial charge on any atom is -0.245 e. The van der Waals surface area contributed by atoms with Gasteiger partial charge in [0.15, 0.2) is 0 Å². The van der Waals surface area contributed by atoms with Gasteiger partial charge < -0.3 is 0 Å². The molecule has 0 bridgehead atoms. The van der Waals surface area contributed by atoms with Crippen LogP contribution in [-0.4, -0.2) is 4.98 Å². The van der Waals surface area contributed by atoms with Gasteiger partial charge in [0, 0.05) is 16.6 Å². The molecule has 14 heavy (non-hydrogen) atoms. The Morgan fingerprint density at radius 3 is 2.79 bits per heavy atom. The molecule has 0 saturated heterocycles. The molecule has 68 valence electrons. The lowest BCUT2D eigenvalue weighted by Crippen LogP contribution is -1.85. The summed E-state index contributed by atoms with van der Waals surface area (Å²) in [6.45, 7) is 0. The first-order chi connectivity index (χ1) is 6.72. The van der Waals surface area contributed by atoms with E-state index in [0.717, 1.165) is 5.39 Å². The van der Waals surface area contributed by atoms with Crippen molar-refractivity contribution >= 4 is 34.0 Å². The van der Waals surface area contributed by atoms with E-state index in [0.29, 0.717) is 21.1 Å². The average molecular weight is 223 g/mol. The third kappa shape index (κ3) is 1.41. The van der Waals surface area contributed by atoms with Gasteiger partial charge in [-0.1, -0.05) is 23.2 Å². The van der Waals surface area contributed by atoms with Gasteiger partial charge in [0.1, 0.15) is 11.8 Å². The molecule has 0 saturated carbocycles. The Kier molecular flexibility index (Phi) is 2.28. The van der Waals surface area contributed by atoms with Crippen LogP contribution < -0.4 is 0 Å². The quantitative estimate of drug-likeness (QED) is 0.686. The van der Waals surface area contributed by atoms with E-state index in [1.54, 1.807) is 24.4 Å². The van der Waals surface area contributed by atoms with E-state index in [4.69, 9.17) is 28.5 Å². The lowest BCUT2D eigenvalue weighted by Gasteiger charge is -2.02. The number of fused-ring (bicyclic) bond motifs is 1. The topological polar surface area (TPSA) is 36.7 Å². The van der Waals surface area contributed by atoms with Gasteiger partial charge >= 0.3 is 0 Å². The maximum absolute atomic E-state index is 8.83. The van der Waals surface area contributed by atoms with Crippen molar-refractivity contribution < 1.29 is 0 Å². The number of benzene rings is 1. The molecule has 0 aliphatic carbocycles. The van der Waals surface area contributed by atoms with Crippen molar-refractivity contribution in [2.45, 2.75) is 0 Å². The molecule has 0 atom stereocenters. The van der Waals surface area contributed by atoms with Crippen LogP contribution in [0.5, 0.6) is 0 Å². The van der Waals surface area contributed by atoms with Crippen LogP contribution in [0.4, 0.5) is 0 Å². The van der Waals surface area contributed by atoms with E-state index >= 15 is 0 Å². The van der Waals surface area contributed by atoms with Gasteiger partial charge in [-0.15, -0.1) is 0 Å². The van der Waals surface area contributed by atoms with Crippen molar-refractivity contribution in [3.63, 3.8) is 0 Å². The van der Waals surface area contributed by atoms with Crippen molar-refractivity contribution in [1.29, 1.82) is 5.26 Å². The molecule has 0 N–H and O–H groups in total. The molecule has 1 aromatic heterocycles. The summed E-state index contributed by atoms with van der Waals surface area (Å²) >= 11 is 11.8. The van der Waals surface area contributed by atoms with Crippen LogP contribution in [0.2, 0.25) is 10.0 Å². The van der Waals surface area contributed by atoms with Crippen LogP contribution in [0, 0.1) is 11.3 Å². The third-order valence-electron chi connectivity index (χ3n) is 1.89. The highest BCUT2D eigenvalue weighted by Gasteiger charge is 2.06. The summed E-state index contributed by atoms with van der Waals surface area (Å²) in [6, 6.07) is 7.12. The molecule has 0 radical (unpaired) electrons. The monoisotopic (exact) mass is 222 g/mol. The van der Waals surface area contributed by atoms with Crippen molar-refractivity contribution in [3.8, 4) is 6.07 Å². The molecular formula is C10H4Cl2N2. The Morgan fingerprint density at radius 1 is 1.29 bits per heavy atom. The second-order valence-electron chi connectivity index (χ2n) is 2.76. The van der Waals surface area contributed by atoms with Crippen LogP contribution >= 0.6 is 23.2 Å². The largest absolute Gasteiger partial charge is 0.245 e. The number of aromatic nitrogens is 1. The summed E-state index contributed by atoms with van der Waals surface area (Å²) in [5, 5.41) is 11.3. The molecule has 1 heterocycles. The Labute approximate surface area is 90.7 Å². The molecule has 2 aromatic rings. The first kappa shape index (κ1) is 9.26. The van der Waals surface area contributed by atoms with E-state index in [1.165, 1.54) is 0 Å². The normalized spacial score (nSPS) is 10.1. The highest BCUT2D eigenvalue weighted by Crippen LogP contribution is 2.29. The maximum atomic E-state index is 8.83. The molecule has 0 spiro atoms. The van der Waals surface area contributed by atoms with Gasteiger partial charge in [0.05, 0.1) is 5.02 Å². The number of hydrogen-bond donors (Lipinski definition) is 0. The van der Waals surface area contributed by atoms with E-state index in [1.807, 2.05) is 6.07 Å². The molecule has 4 heteroatoms. The second-order valence-corrected chi connectivity index (χ2v) is 3.60. The molecular weight excluding hydrogens is 219 g/mol. The van der Waals surface area contributed by atoms with Gasteiger partial charge in [-0.2, -0.15) is 5.26 Å². The second kappa shape index (κ2) is 3.45. The molecule has 0 fully saturated rings. The van der Waals surface area contributed by atoms with Crippen LogP contribution in [-0.2, 0) is 0 Å². The van der Waals surface area contributed by atoms with Crippen molar-refractivity contribution in [2.75, 3.05) is 0 Å². The van der Waals surface area contributed by atoms with Crippen LogP contribution in [0.3, 0.4) is 0 Å². The van der Waals surface area contributed by atoms with Gasteiger partial charge in [-0.3, -0.25) is 0 Å². The zero-order chi connectivity index (χ0) is 10.1. The fourth-order valence-electron chi connectivity index (χ4n) is 1.32. The van der Waals surface area contributed by atoms with Gasteiger partial charge in [0.2, 0.25) is 0 Å². The van der Waals surface area contributed by atoms with Crippen molar-refractivity contribution in [2.24, 2.45) is 0 Å². The SMILES string of the molecule is N#Cc1nccc2cc(Cl)cc(Cl)c12. The Morgan fingerprint density at radius 2 is 2.07 bits per heavy atom. The Hall–Kier alpha value is -1.30. The summed E-state index contributed by atoms with van der Waals surface area (Å²) < 4.78 is 0. The zero-order valence-electron chi connectivity index (χ0n) is 6.96. The Balaban J connectivity index is 2.96. The minimum absolute atomic E-state index is 0.323. The average Bonchev–Trinajstić information content (AvgIpc) is 2.16. The van der Waals surface area contributed by atoms with E-state index < -0.39 is 0 Å². The molecule has 0 unspecified atom stereocenters. The van der Waals surface area contributed by atoms with E-state index in [9.17, 15) is 0 Å². The van der Waals surface area contributed by atoms with E-state index in [2.05, 4.69) is 4.98 Å². The molecule has 0 amide bonds. The summed E-state index contributed by atoms with van der Waals surface area (Å²) in [4.78, 5) is 3.93. The molecule has 0 aliphatic heterocycles. The summed E-state index contributed by atoms with van der Waals surface area (Å²) in [5.74, 6) is 0. The van der Waals surface area contributed by atoms with Crippen LogP contribution in [0.15, 0.2) is 24.4 Å². The van der Waals surface area contributed by atoms with Gasteiger partial charge in [-0.25, -0.2) is 4.98 Å². The van der Waals surface area contributed by atoms with Crippen molar-refractivity contribution in [1.82, 2.24) is 4.98 Å². The highest BCUT2D eigenvalue weighted by atomic mass is 35.5. The van der Waals surface area contributed by atoms with Gasteiger partial charge in [-0.05, 0) is 23.6 Å². The molecule has 2 nitrogen and oxygen atoms in total. The van der Waals surface area contributed by atoms with E-state index in [-0.39, 0.29) is 0 Å². The lowest BCUT2D eigenvalue weighted by molar-refractivity contribution is 1.30. The third-order valence-corrected chi connectivity index (χ3v) is 2.40. The Bertz CT molecular complexity index is 544. The number of hydrogen-bond acceptors (Lipinski definition) is 2. The predicted octanol–water partition coefficient (Wildman–Crippen LogP) is 3.41. The summed E-state index contributed by atoms with van der Waals surface area (Å²) in [7, 11) is 0. The highest BCUT2D eigenvalue weighted by molar-refractivity contribution is 6.38. The van der Waals surface area contributed by atoms with Crippen LogP contribution in [0.25, 0.3) is 10.8 Å². The van der Waals surface area contributed by atoms with Gasteiger partial charge in [0.25, 0.3) is 0 Å². The summed E-state index contributed by atoms with van der Waals surface area (Å²) in [5.41, 5.74) is 0.323. The first-order valence-electron chi connectivity index (χ1n) is 3.86. The number of halogens is 2. The molecule has 2 rings (SSSR count). The number of nitriles is 1. The number of pyridine rings is 1. The number of rotatable bonds is 0. The first-order valence-corrected chi connectivity index (χ1v) is 4.62. The fourth-order valence-corrected chi connectivity index (χ4v) is 1.91. The van der Waals surface area contributed by atoms with Crippen LogP contribution in [0.1, 0.15) is 5.69 Å². The van der Waals surface area contributed by atoms with Crippen molar-refractivity contribution in [3.05, 3.63) is 40.1 Å². The smallest absolute Gasteiger partial charge is 0.149 e. The lowest BCUT2D eigenvalue weighted by atomic mass is 10.1. The summed E-state index contributed by atoms with van der Waals surface area (Å²) in [6.07, 6.45) is 1.56. The maximum Gasteiger partial charge on any atom is 0.149 e.